The molecule has 0 spiro atoms. The smallest absolute Gasteiger partial charge is 0.419 e. The van der Waals surface area contributed by atoms with Gasteiger partial charge < -0.3 is 19.9 Å². The Morgan fingerprint density at radius 2 is 2.00 bits per heavy atom. The van der Waals surface area contributed by atoms with Crippen LogP contribution >= 0.6 is 0 Å². The molecule has 2 rings (SSSR count). The van der Waals surface area contributed by atoms with E-state index in [0.717, 1.165) is 11.8 Å². The standard InChI is InChI=1S/C18H23F3N4O2/c1-12(2)15-10-13(27-25-15)11-24-17(22-3)23-8-9-26-16-7-5-4-6-14(16)18(19,20)21/h4-7,10,12H,8-9,11H2,1-3H3,(H2,22,23,24). The molecule has 0 saturated heterocycles. The molecular formula is C18H23F3N4O2. The lowest BCUT2D eigenvalue weighted by Crippen LogP contribution is -2.38. The summed E-state index contributed by atoms with van der Waals surface area (Å²) in [5.74, 6) is 1.22. The van der Waals surface area contributed by atoms with Crippen molar-refractivity contribution in [2.24, 2.45) is 4.99 Å². The summed E-state index contributed by atoms with van der Waals surface area (Å²) in [7, 11) is 1.59. The Bertz CT molecular complexity index is 757. The first-order chi connectivity index (χ1) is 12.8. The third-order valence-electron chi connectivity index (χ3n) is 3.67. The van der Waals surface area contributed by atoms with Crippen molar-refractivity contribution in [2.45, 2.75) is 32.5 Å². The third kappa shape index (κ3) is 6.19. The van der Waals surface area contributed by atoms with Crippen LogP contribution in [0.1, 0.15) is 36.8 Å². The van der Waals surface area contributed by atoms with Gasteiger partial charge in [0, 0.05) is 13.1 Å². The summed E-state index contributed by atoms with van der Waals surface area (Å²) in [5.41, 5.74) is 0.0743. The second-order valence-electron chi connectivity index (χ2n) is 6.07. The van der Waals surface area contributed by atoms with Crippen molar-refractivity contribution in [1.82, 2.24) is 15.8 Å². The molecule has 0 amide bonds. The summed E-state index contributed by atoms with van der Waals surface area (Å²) in [6, 6.07) is 6.98. The zero-order valence-corrected chi connectivity index (χ0v) is 15.4. The predicted molar refractivity (Wildman–Crippen MR) is 95.7 cm³/mol. The molecule has 1 aromatic heterocycles. The first kappa shape index (κ1) is 20.6. The molecule has 148 valence electrons. The Morgan fingerprint density at radius 3 is 2.63 bits per heavy atom. The lowest BCUT2D eigenvalue weighted by Gasteiger charge is -2.15. The number of hydrogen-bond acceptors (Lipinski definition) is 4. The summed E-state index contributed by atoms with van der Waals surface area (Å²) in [5, 5.41) is 9.98. The van der Waals surface area contributed by atoms with Crippen LogP contribution in [0.2, 0.25) is 0 Å². The maximum Gasteiger partial charge on any atom is 0.419 e. The molecule has 0 aliphatic heterocycles. The molecule has 0 atom stereocenters. The van der Waals surface area contributed by atoms with Crippen LogP contribution in [0.4, 0.5) is 13.2 Å². The van der Waals surface area contributed by atoms with Crippen LogP contribution in [-0.4, -0.2) is 31.3 Å². The average molecular weight is 384 g/mol. The number of aliphatic imine (C=N–C) groups is 1. The fraction of sp³-hybridized carbons (Fsp3) is 0.444. The van der Waals surface area contributed by atoms with Gasteiger partial charge in [0.15, 0.2) is 11.7 Å². The second-order valence-corrected chi connectivity index (χ2v) is 6.07. The summed E-state index contributed by atoms with van der Waals surface area (Å²) in [6.07, 6.45) is -4.45. The largest absolute Gasteiger partial charge is 0.491 e. The van der Waals surface area contributed by atoms with E-state index in [4.69, 9.17) is 9.26 Å². The number of nitrogens with zero attached hydrogens (tertiary/aromatic N) is 2. The van der Waals surface area contributed by atoms with Gasteiger partial charge in [0.1, 0.15) is 12.4 Å². The molecule has 27 heavy (non-hydrogen) atoms. The topological polar surface area (TPSA) is 71.7 Å². The van der Waals surface area contributed by atoms with Crippen molar-refractivity contribution in [3.05, 3.63) is 47.3 Å². The number of guanidine groups is 1. The van der Waals surface area contributed by atoms with Gasteiger partial charge in [-0.2, -0.15) is 13.2 Å². The molecule has 0 fully saturated rings. The SMILES string of the molecule is CN=C(NCCOc1ccccc1C(F)(F)F)NCc1cc(C(C)C)no1. The fourth-order valence-electron chi connectivity index (χ4n) is 2.23. The average Bonchev–Trinajstić information content (AvgIpc) is 3.10. The number of alkyl halides is 3. The van der Waals surface area contributed by atoms with Crippen LogP contribution < -0.4 is 15.4 Å². The maximum atomic E-state index is 12.9. The van der Waals surface area contributed by atoms with E-state index >= 15 is 0 Å². The predicted octanol–water partition coefficient (Wildman–Crippen LogP) is 3.56. The fourth-order valence-corrected chi connectivity index (χ4v) is 2.23. The van der Waals surface area contributed by atoms with Crippen LogP contribution in [0.3, 0.4) is 0 Å². The van der Waals surface area contributed by atoms with Gasteiger partial charge in [-0.05, 0) is 18.1 Å². The number of rotatable bonds is 7. The number of ether oxygens (including phenoxy) is 1. The van der Waals surface area contributed by atoms with E-state index in [1.165, 1.54) is 18.2 Å². The minimum atomic E-state index is -4.45. The van der Waals surface area contributed by atoms with Crippen LogP contribution in [0, 0.1) is 0 Å². The van der Waals surface area contributed by atoms with Crippen molar-refractivity contribution in [2.75, 3.05) is 20.2 Å². The zero-order chi connectivity index (χ0) is 19.9. The monoisotopic (exact) mass is 384 g/mol. The van der Waals surface area contributed by atoms with Crippen molar-refractivity contribution in [1.29, 1.82) is 0 Å². The van der Waals surface area contributed by atoms with Crippen molar-refractivity contribution in [3.8, 4) is 5.75 Å². The van der Waals surface area contributed by atoms with E-state index in [-0.39, 0.29) is 24.8 Å². The Morgan fingerprint density at radius 1 is 1.26 bits per heavy atom. The molecule has 2 N–H and O–H groups in total. The molecule has 0 saturated carbocycles. The molecule has 0 aliphatic rings. The van der Waals surface area contributed by atoms with Gasteiger partial charge >= 0.3 is 6.18 Å². The first-order valence-electron chi connectivity index (χ1n) is 8.50. The van der Waals surface area contributed by atoms with Crippen LogP contribution in [0.25, 0.3) is 0 Å². The van der Waals surface area contributed by atoms with Crippen molar-refractivity contribution in [3.63, 3.8) is 0 Å². The molecule has 0 aliphatic carbocycles. The Labute approximate surface area is 155 Å². The Hall–Kier alpha value is -2.71. The molecule has 0 radical (unpaired) electrons. The molecule has 1 aromatic carbocycles. The Kier molecular flexibility index (Phi) is 7.09. The van der Waals surface area contributed by atoms with E-state index in [2.05, 4.69) is 20.8 Å². The number of hydrogen-bond donors (Lipinski definition) is 2. The normalized spacial score (nSPS) is 12.3. The highest BCUT2D eigenvalue weighted by Crippen LogP contribution is 2.35. The van der Waals surface area contributed by atoms with Gasteiger partial charge in [-0.25, -0.2) is 0 Å². The van der Waals surface area contributed by atoms with E-state index in [1.54, 1.807) is 7.05 Å². The highest BCUT2D eigenvalue weighted by atomic mass is 19.4. The summed E-state index contributed by atoms with van der Waals surface area (Å²) >= 11 is 0. The Balaban J connectivity index is 1.78. The van der Waals surface area contributed by atoms with Crippen LogP contribution in [-0.2, 0) is 12.7 Å². The third-order valence-corrected chi connectivity index (χ3v) is 3.67. The van der Waals surface area contributed by atoms with Gasteiger partial charge in [-0.15, -0.1) is 0 Å². The number of halogens is 3. The van der Waals surface area contributed by atoms with Gasteiger partial charge in [0.05, 0.1) is 24.3 Å². The van der Waals surface area contributed by atoms with Gasteiger partial charge in [-0.1, -0.05) is 31.1 Å². The highest BCUT2D eigenvalue weighted by Gasteiger charge is 2.33. The molecule has 1 heterocycles. The number of para-hydroxylation sites is 1. The quantitative estimate of drug-likeness (QED) is 0.434. The van der Waals surface area contributed by atoms with Gasteiger partial charge in [0.25, 0.3) is 0 Å². The molecule has 9 heteroatoms. The van der Waals surface area contributed by atoms with E-state index in [9.17, 15) is 13.2 Å². The minimum Gasteiger partial charge on any atom is -0.491 e. The van der Waals surface area contributed by atoms with E-state index in [0.29, 0.717) is 18.3 Å². The van der Waals surface area contributed by atoms with Crippen molar-refractivity contribution >= 4 is 5.96 Å². The lowest BCUT2D eigenvalue weighted by molar-refractivity contribution is -0.138. The first-order valence-corrected chi connectivity index (χ1v) is 8.50. The summed E-state index contributed by atoms with van der Waals surface area (Å²) < 4.78 is 49.2. The second kappa shape index (κ2) is 9.29. The molecule has 0 unspecified atom stereocenters. The molecule has 6 nitrogen and oxygen atoms in total. The summed E-state index contributed by atoms with van der Waals surface area (Å²) in [4.78, 5) is 4.04. The number of benzene rings is 1. The highest BCUT2D eigenvalue weighted by molar-refractivity contribution is 5.79. The lowest BCUT2D eigenvalue weighted by atomic mass is 10.1. The molecule has 2 aromatic rings. The molecule has 0 bridgehead atoms. The van der Waals surface area contributed by atoms with Crippen molar-refractivity contribution < 1.29 is 22.4 Å². The molecular weight excluding hydrogens is 361 g/mol. The minimum absolute atomic E-state index is 0.0492. The number of aromatic nitrogens is 1. The van der Waals surface area contributed by atoms with E-state index in [1.807, 2.05) is 19.9 Å². The van der Waals surface area contributed by atoms with Gasteiger partial charge in [0.2, 0.25) is 0 Å². The number of nitrogens with one attached hydrogen (secondary N) is 2. The zero-order valence-electron chi connectivity index (χ0n) is 15.4. The van der Waals surface area contributed by atoms with Crippen LogP contribution in [0.5, 0.6) is 5.75 Å². The van der Waals surface area contributed by atoms with Crippen LogP contribution in [0.15, 0.2) is 39.8 Å². The maximum absolute atomic E-state index is 12.9. The van der Waals surface area contributed by atoms with Gasteiger partial charge in [-0.3, -0.25) is 4.99 Å². The summed E-state index contributed by atoms with van der Waals surface area (Å²) in [6.45, 7) is 4.75. The van der Waals surface area contributed by atoms with E-state index < -0.39 is 11.7 Å².